The van der Waals surface area contributed by atoms with Crippen LogP contribution < -0.4 is 20.1 Å². The summed E-state index contributed by atoms with van der Waals surface area (Å²) in [6.45, 7) is 2.10. The van der Waals surface area contributed by atoms with Crippen molar-refractivity contribution in [3.05, 3.63) is 54.2 Å². The Hall–Kier alpha value is -2.76. The number of methoxy groups -OCH3 is 1. The van der Waals surface area contributed by atoms with Gasteiger partial charge in [0.25, 0.3) is 0 Å². The normalized spacial score (nSPS) is 11.0. The Balaban J connectivity index is 1.63. The molecule has 128 valence electrons. The van der Waals surface area contributed by atoms with Crippen LogP contribution in [0.25, 0.3) is 0 Å². The molecule has 6 heteroatoms. The first kappa shape index (κ1) is 17.6. The van der Waals surface area contributed by atoms with Crippen LogP contribution in [0.3, 0.4) is 0 Å². The van der Waals surface area contributed by atoms with Gasteiger partial charge >= 0.3 is 0 Å². The molecule has 6 nitrogen and oxygen atoms in total. The topological polar surface area (TPSA) is 67.8 Å². The van der Waals surface area contributed by atoms with Gasteiger partial charge in [-0.05, 0) is 24.1 Å². The van der Waals surface area contributed by atoms with E-state index in [1.807, 2.05) is 42.5 Å². The second kappa shape index (κ2) is 10.1. The summed E-state index contributed by atoms with van der Waals surface area (Å²) in [5.74, 6) is 2.26. The fraction of sp³-hybridized carbons (Fsp3) is 0.333. The van der Waals surface area contributed by atoms with Crippen molar-refractivity contribution in [1.29, 1.82) is 0 Å². The molecule has 0 radical (unpaired) electrons. The number of guanidine groups is 1. The molecule has 0 unspecified atom stereocenters. The van der Waals surface area contributed by atoms with E-state index in [0.29, 0.717) is 19.0 Å². The Morgan fingerprint density at radius 2 is 1.96 bits per heavy atom. The third-order valence-electron chi connectivity index (χ3n) is 3.32. The molecule has 0 fully saturated rings. The number of ether oxygens (including phenoxy) is 2. The molecule has 0 atom stereocenters. The molecule has 0 bridgehead atoms. The predicted molar refractivity (Wildman–Crippen MR) is 95.5 cm³/mol. The first-order valence-electron chi connectivity index (χ1n) is 7.93. The molecule has 2 N–H and O–H groups in total. The summed E-state index contributed by atoms with van der Waals surface area (Å²) in [6.07, 6.45) is 2.67. The van der Waals surface area contributed by atoms with Crippen LogP contribution in [0.5, 0.6) is 11.6 Å². The number of para-hydroxylation sites is 1. The maximum atomic E-state index is 5.65. The molecule has 0 spiro atoms. The van der Waals surface area contributed by atoms with Crippen molar-refractivity contribution in [2.45, 2.75) is 13.0 Å². The molecular formula is C18H24N4O2. The Morgan fingerprint density at radius 3 is 2.62 bits per heavy atom. The number of hydrogen-bond donors (Lipinski definition) is 2. The minimum atomic E-state index is 0.611. The molecule has 0 aliphatic carbocycles. The average molecular weight is 328 g/mol. The Labute approximate surface area is 142 Å². The molecule has 2 rings (SSSR count). The van der Waals surface area contributed by atoms with Gasteiger partial charge in [0.1, 0.15) is 5.75 Å². The highest BCUT2D eigenvalue weighted by Crippen LogP contribution is 2.08. The van der Waals surface area contributed by atoms with Crippen molar-refractivity contribution in [3.8, 4) is 11.6 Å². The number of pyridine rings is 1. The van der Waals surface area contributed by atoms with Gasteiger partial charge in [-0.1, -0.05) is 24.3 Å². The monoisotopic (exact) mass is 328 g/mol. The predicted octanol–water partition coefficient (Wildman–Crippen LogP) is 2.22. The lowest BCUT2D eigenvalue weighted by molar-refractivity contribution is 0.311. The molecule has 1 aromatic carbocycles. The van der Waals surface area contributed by atoms with Crippen molar-refractivity contribution in [1.82, 2.24) is 15.6 Å². The van der Waals surface area contributed by atoms with E-state index in [-0.39, 0.29) is 0 Å². The highest BCUT2D eigenvalue weighted by Gasteiger charge is 2.00. The van der Waals surface area contributed by atoms with Gasteiger partial charge in [-0.15, -0.1) is 0 Å². The molecular weight excluding hydrogens is 304 g/mol. The molecule has 0 aliphatic heterocycles. The van der Waals surface area contributed by atoms with E-state index in [0.717, 1.165) is 30.2 Å². The Morgan fingerprint density at radius 1 is 1.12 bits per heavy atom. The summed E-state index contributed by atoms with van der Waals surface area (Å²) in [5, 5.41) is 6.51. The number of hydrogen-bond acceptors (Lipinski definition) is 4. The zero-order chi connectivity index (χ0) is 17.0. The summed E-state index contributed by atoms with van der Waals surface area (Å²) in [4.78, 5) is 8.38. The van der Waals surface area contributed by atoms with Crippen LogP contribution in [-0.2, 0) is 6.54 Å². The maximum absolute atomic E-state index is 5.65. The lowest BCUT2D eigenvalue weighted by Gasteiger charge is -2.12. The van der Waals surface area contributed by atoms with E-state index in [2.05, 4.69) is 20.6 Å². The zero-order valence-corrected chi connectivity index (χ0v) is 14.2. The number of nitrogens with one attached hydrogen (secondary N) is 2. The lowest BCUT2D eigenvalue weighted by Crippen LogP contribution is -2.37. The van der Waals surface area contributed by atoms with Gasteiger partial charge < -0.3 is 20.1 Å². The Bertz CT molecular complexity index is 615. The number of aliphatic imine (C=N–C) groups is 1. The fourth-order valence-corrected chi connectivity index (χ4v) is 2.03. The van der Waals surface area contributed by atoms with Crippen LogP contribution in [0, 0.1) is 0 Å². The molecule has 0 amide bonds. The quantitative estimate of drug-likeness (QED) is 0.442. The second-order valence-electron chi connectivity index (χ2n) is 5.08. The zero-order valence-electron chi connectivity index (χ0n) is 14.2. The van der Waals surface area contributed by atoms with E-state index >= 15 is 0 Å². The lowest BCUT2D eigenvalue weighted by atomic mass is 10.3. The molecule has 1 aromatic heterocycles. The van der Waals surface area contributed by atoms with Crippen molar-refractivity contribution in [2.24, 2.45) is 4.99 Å². The van der Waals surface area contributed by atoms with Gasteiger partial charge in [-0.25, -0.2) is 4.98 Å². The molecule has 0 saturated carbocycles. The van der Waals surface area contributed by atoms with Crippen molar-refractivity contribution < 1.29 is 9.47 Å². The molecule has 0 saturated heterocycles. The summed E-state index contributed by atoms with van der Waals surface area (Å²) >= 11 is 0. The first-order valence-corrected chi connectivity index (χ1v) is 7.93. The number of nitrogens with zero attached hydrogens (tertiary/aromatic N) is 2. The molecule has 24 heavy (non-hydrogen) atoms. The van der Waals surface area contributed by atoms with Gasteiger partial charge in [0.15, 0.2) is 5.96 Å². The van der Waals surface area contributed by atoms with E-state index in [4.69, 9.17) is 9.47 Å². The standard InChI is InChI=1S/C18H24N4O2/c1-19-18(22-14-15-9-10-17(23-2)21-13-15)20-11-6-12-24-16-7-4-3-5-8-16/h3-5,7-10,13H,6,11-12,14H2,1-2H3,(H2,19,20,22). The third-order valence-corrected chi connectivity index (χ3v) is 3.32. The van der Waals surface area contributed by atoms with Gasteiger partial charge in [0, 0.05) is 32.4 Å². The van der Waals surface area contributed by atoms with Crippen molar-refractivity contribution in [2.75, 3.05) is 27.3 Å². The van der Waals surface area contributed by atoms with Crippen LogP contribution in [0.2, 0.25) is 0 Å². The van der Waals surface area contributed by atoms with E-state index in [9.17, 15) is 0 Å². The molecule has 2 aromatic rings. The third kappa shape index (κ3) is 6.16. The maximum Gasteiger partial charge on any atom is 0.212 e. The number of rotatable bonds is 8. The number of aromatic nitrogens is 1. The van der Waals surface area contributed by atoms with E-state index in [1.165, 1.54) is 0 Å². The van der Waals surface area contributed by atoms with Crippen LogP contribution in [0.1, 0.15) is 12.0 Å². The van der Waals surface area contributed by atoms with Crippen LogP contribution in [0.4, 0.5) is 0 Å². The minimum Gasteiger partial charge on any atom is -0.494 e. The van der Waals surface area contributed by atoms with E-state index in [1.54, 1.807) is 20.4 Å². The van der Waals surface area contributed by atoms with Gasteiger partial charge in [-0.3, -0.25) is 4.99 Å². The average Bonchev–Trinajstić information content (AvgIpc) is 2.65. The van der Waals surface area contributed by atoms with Crippen molar-refractivity contribution >= 4 is 5.96 Å². The summed E-state index contributed by atoms with van der Waals surface area (Å²) in [6, 6.07) is 13.6. The smallest absolute Gasteiger partial charge is 0.212 e. The van der Waals surface area contributed by atoms with Crippen LogP contribution in [-0.4, -0.2) is 38.3 Å². The summed E-state index contributed by atoms with van der Waals surface area (Å²) in [7, 11) is 3.36. The minimum absolute atomic E-state index is 0.611. The summed E-state index contributed by atoms with van der Waals surface area (Å²) < 4.78 is 10.7. The molecule has 0 aliphatic rings. The van der Waals surface area contributed by atoms with Crippen LogP contribution >= 0.6 is 0 Å². The first-order chi connectivity index (χ1) is 11.8. The highest BCUT2D eigenvalue weighted by atomic mass is 16.5. The highest BCUT2D eigenvalue weighted by molar-refractivity contribution is 5.79. The van der Waals surface area contributed by atoms with Crippen molar-refractivity contribution in [3.63, 3.8) is 0 Å². The van der Waals surface area contributed by atoms with Gasteiger partial charge in [0.2, 0.25) is 5.88 Å². The van der Waals surface area contributed by atoms with Crippen LogP contribution in [0.15, 0.2) is 53.7 Å². The largest absolute Gasteiger partial charge is 0.494 e. The Kier molecular flexibility index (Phi) is 7.40. The van der Waals surface area contributed by atoms with Gasteiger partial charge in [-0.2, -0.15) is 0 Å². The number of benzene rings is 1. The second-order valence-corrected chi connectivity index (χ2v) is 5.08. The van der Waals surface area contributed by atoms with E-state index < -0.39 is 0 Å². The van der Waals surface area contributed by atoms with Gasteiger partial charge in [0.05, 0.1) is 13.7 Å². The SMILES string of the molecule is CN=C(NCCCOc1ccccc1)NCc1ccc(OC)nc1. The summed E-state index contributed by atoms with van der Waals surface area (Å²) in [5.41, 5.74) is 1.06. The fourth-order valence-electron chi connectivity index (χ4n) is 2.03. The molecule has 1 heterocycles.